The van der Waals surface area contributed by atoms with Gasteiger partial charge in [0.05, 0.1) is 5.92 Å². The first-order chi connectivity index (χ1) is 11.6. The summed E-state index contributed by atoms with van der Waals surface area (Å²) in [6.07, 6.45) is 7.41. The molecule has 3 unspecified atom stereocenters. The summed E-state index contributed by atoms with van der Waals surface area (Å²) in [6, 6.07) is 0.625. The molecule has 3 fully saturated rings. The normalized spacial score (nSPS) is 30.2. The van der Waals surface area contributed by atoms with Crippen molar-refractivity contribution in [3.8, 4) is 0 Å². The predicted molar refractivity (Wildman–Crippen MR) is 101 cm³/mol. The van der Waals surface area contributed by atoms with Crippen LogP contribution in [0.1, 0.15) is 51.9 Å². The quantitative estimate of drug-likeness (QED) is 0.794. The van der Waals surface area contributed by atoms with Crippen LogP contribution >= 0.6 is 12.4 Å². The topological polar surface area (TPSA) is 78.7 Å². The molecule has 3 atom stereocenters. The van der Waals surface area contributed by atoms with Gasteiger partial charge in [0.1, 0.15) is 0 Å². The second kappa shape index (κ2) is 9.08. The lowest BCUT2D eigenvalue weighted by Gasteiger charge is -2.35. The van der Waals surface area contributed by atoms with Crippen LogP contribution in [-0.4, -0.2) is 60.0 Å². The van der Waals surface area contributed by atoms with Crippen molar-refractivity contribution in [3.05, 3.63) is 0 Å². The van der Waals surface area contributed by atoms with Crippen LogP contribution in [0.15, 0.2) is 0 Å². The van der Waals surface area contributed by atoms with Crippen LogP contribution in [0.5, 0.6) is 0 Å². The summed E-state index contributed by atoms with van der Waals surface area (Å²) < 4.78 is 0. The summed E-state index contributed by atoms with van der Waals surface area (Å²) in [7, 11) is 0. The first-order valence-electron chi connectivity index (χ1n) is 9.64. The molecule has 0 radical (unpaired) electrons. The molecular formula is C18H33ClN4O2. The monoisotopic (exact) mass is 372 g/mol. The molecule has 0 spiro atoms. The smallest absolute Gasteiger partial charge is 0.317 e. The summed E-state index contributed by atoms with van der Waals surface area (Å²) in [4.78, 5) is 29.2. The number of amides is 3. The third-order valence-electron chi connectivity index (χ3n) is 6.02. The molecule has 144 valence electrons. The molecule has 0 aromatic rings. The molecule has 6 nitrogen and oxygen atoms in total. The number of carbonyl (C=O) groups is 2. The van der Waals surface area contributed by atoms with Gasteiger partial charge in [-0.2, -0.15) is 0 Å². The number of hydrogen-bond acceptors (Lipinski definition) is 3. The zero-order chi connectivity index (χ0) is 17.1. The van der Waals surface area contributed by atoms with Gasteiger partial charge >= 0.3 is 6.03 Å². The lowest BCUT2D eigenvalue weighted by atomic mass is 9.96. The van der Waals surface area contributed by atoms with E-state index < -0.39 is 0 Å². The van der Waals surface area contributed by atoms with E-state index in [4.69, 9.17) is 5.73 Å². The van der Waals surface area contributed by atoms with Gasteiger partial charge in [0, 0.05) is 31.7 Å². The number of urea groups is 1. The van der Waals surface area contributed by atoms with Gasteiger partial charge in [-0.25, -0.2) is 4.79 Å². The number of likely N-dealkylation sites (tertiary alicyclic amines) is 2. The van der Waals surface area contributed by atoms with Gasteiger partial charge in [0.2, 0.25) is 5.91 Å². The molecule has 3 rings (SSSR count). The summed E-state index contributed by atoms with van der Waals surface area (Å²) in [6.45, 7) is 4.87. The molecule has 7 heteroatoms. The molecule has 2 heterocycles. The van der Waals surface area contributed by atoms with Crippen LogP contribution < -0.4 is 11.1 Å². The Bertz CT molecular complexity index is 470. The van der Waals surface area contributed by atoms with Crippen molar-refractivity contribution in [1.82, 2.24) is 15.1 Å². The highest BCUT2D eigenvalue weighted by molar-refractivity contribution is 5.85. The molecule has 25 heavy (non-hydrogen) atoms. The van der Waals surface area contributed by atoms with E-state index >= 15 is 0 Å². The van der Waals surface area contributed by atoms with Crippen LogP contribution in [0.2, 0.25) is 0 Å². The van der Waals surface area contributed by atoms with Crippen molar-refractivity contribution in [1.29, 1.82) is 0 Å². The van der Waals surface area contributed by atoms with Crippen molar-refractivity contribution >= 4 is 24.3 Å². The molecule has 0 aromatic heterocycles. The summed E-state index contributed by atoms with van der Waals surface area (Å²) in [5.74, 6) is 0.596. The maximum absolute atomic E-state index is 12.9. The standard InChI is InChI=1S/C18H32N4O2.ClH/c1-13-9-14(10-19)11-22(13)17(23)15-5-4-8-21(12-15)18(24)20-16-6-2-3-7-16;/h13-16H,2-12,19H2,1H3,(H,20,24);1H. The Hall–Kier alpha value is -1.01. The molecule has 0 aromatic carbocycles. The molecule has 2 aliphatic heterocycles. The van der Waals surface area contributed by atoms with Gasteiger partial charge in [-0.05, 0) is 51.5 Å². The maximum atomic E-state index is 12.9. The Balaban J connectivity index is 0.00000225. The van der Waals surface area contributed by atoms with E-state index in [1.54, 1.807) is 0 Å². The van der Waals surface area contributed by atoms with E-state index in [9.17, 15) is 9.59 Å². The largest absolute Gasteiger partial charge is 0.339 e. The number of nitrogens with zero attached hydrogens (tertiary/aromatic N) is 2. The average molecular weight is 373 g/mol. The van der Waals surface area contributed by atoms with Gasteiger partial charge in [0.25, 0.3) is 0 Å². The maximum Gasteiger partial charge on any atom is 0.317 e. The first-order valence-corrected chi connectivity index (χ1v) is 9.64. The molecule has 3 amide bonds. The summed E-state index contributed by atoms with van der Waals surface area (Å²) in [5.41, 5.74) is 5.78. The van der Waals surface area contributed by atoms with E-state index in [0.717, 1.165) is 45.2 Å². The zero-order valence-electron chi connectivity index (χ0n) is 15.3. The average Bonchev–Trinajstić information content (AvgIpc) is 3.23. The molecule has 3 aliphatic rings. The van der Waals surface area contributed by atoms with Gasteiger partial charge in [-0.15, -0.1) is 12.4 Å². The van der Waals surface area contributed by atoms with Crippen molar-refractivity contribution < 1.29 is 9.59 Å². The highest BCUT2D eigenvalue weighted by Gasteiger charge is 2.37. The van der Waals surface area contributed by atoms with Crippen LogP contribution in [0.4, 0.5) is 4.79 Å². The highest BCUT2D eigenvalue weighted by atomic mass is 35.5. The van der Waals surface area contributed by atoms with Crippen molar-refractivity contribution in [2.45, 2.75) is 64.0 Å². The van der Waals surface area contributed by atoms with E-state index in [0.29, 0.717) is 25.0 Å². The minimum Gasteiger partial charge on any atom is -0.339 e. The third kappa shape index (κ3) is 4.79. The Morgan fingerprint density at radius 1 is 1.12 bits per heavy atom. The van der Waals surface area contributed by atoms with Gasteiger partial charge < -0.3 is 20.9 Å². The fourth-order valence-electron chi connectivity index (χ4n) is 4.55. The minimum absolute atomic E-state index is 0. The Morgan fingerprint density at radius 3 is 2.48 bits per heavy atom. The number of rotatable bonds is 3. The zero-order valence-corrected chi connectivity index (χ0v) is 16.1. The number of carbonyl (C=O) groups excluding carboxylic acids is 2. The number of piperidine rings is 1. The fraction of sp³-hybridized carbons (Fsp3) is 0.889. The van der Waals surface area contributed by atoms with E-state index in [2.05, 4.69) is 12.2 Å². The lowest BCUT2D eigenvalue weighted by Crippen LogP contribution is -2.51. The molecule has 1 saturated carbocycles. The summed E-state index contributed by atoms with van der Waals surface area (Å²) in [5, 5.41) is 3.15. The van der Waals surface area contributed by atoms with Crippen LogP contribution in [-0.2, 0) is 4.79 Å². The van der Waals surface area contributed by atoms with Crippen LogP contribution in [0.3, 0.4) is 0 Å². The van der Waals surface area contributed by atoms with Crippen LogP contribution in [0, 0.1) is 11.8 Å². The third-order valence-corrected chi connectivity index (χ3v) is 6.02. The number of halogens is 1. The molecular weight excluding hydrogens is 340 g/mol. The Kier molecular flexibility index (Phi) is 7.37. The fourth-order valence-corrected chi connectivity index (χ4v) is 4.55. The SMILES string of the molecule is CC1CC(CN)CN1C(=O)C1CCCN(C(=O)NC2CCCC2)C1.Cl. The van der Waals surface area contributed by atoms with E-state index in [1.165, 1.54) is 12.8 Å². The predicted octanol–water partition coefficient (Wildman–Crippen LogP) is 1.97. The Labute approximate surface area is 157 Å². The summed E-state index contributed by atoms with van der Waals surface area (Å²) >= 11 is 0. The van der Waals surface area contributed by atoms with Crippen LogP contribution in [0.25, 0.3) is 0 Å². The van der Waals surface area contributed by atoms with Crippen molar-refractivity contribution in [2.24, 2.45) is 17.6 Å². The van der Waals surface area contributed by atoms with Gasteiger partial charge in [-0.3, -0.25) is 4.79 Å². The molecule has 0 bridgehead atoms. The van der Waals surface area contributed by atoms with E-state index in [-0.39, 0.29) is 36.3 Å². The van der Waals surface area contributed by atoms with Gasteiger partial charge in [-0.1, -0.05) is 12.8 Å². The Morgan fingerprint density at radius 2 is 1.84 bits per heavy atom. The first kappa shape index (κ1) is 20.3. The lowest BCUT2D eigenvalue weighted by molar-refractivity contribution is -0.137. The number of nitrogens with one attached hydrogen (secondary N) is 1. The van der Waals surface area contributed by atoms with E-state index in [1.807, 2.05) is 9.80 Å². The molecule has 2 saturated heterocycles. The second-order valence-electron chi connectivity index (χ2n) is 7.89. The minimum atomic E-state index is -0.0490. The van der Waals surface area contributed by atoms with Gasteiger partial charge in [0.15, 0.2) is 0 Å². The number of nitrogens with two attached hydrogens (primary N) is 1. The number of hydrogen-bond donors (Lipinski definition) is 2. The van der Waals surface area contributed by atoms with Crippen molar-refractivity contribution in [2.75, 3.05) is 26.2 Å². The second-order valence-corrected chi connectivity index (χ2v) is 7.89. The van der Waals surface area contributed by atoms with Crippen molar-refractivity contribution in [3.63, 3.8) is 0 Å². The molecule has 1 aliphatic carbocycles. The highest BCUT2D eigenvalue weighted by Crippen LogP contribution is 2.27. The molecule has 3 N–H and O–H groups in total.